The summed E-state index contributed by atoms with van der Waals surface area (Å²) in [6, 6.07) is 0. The van der Waals surface area contributed by atoms with Gasteiger partial charge in [-0.1, -0.05) is 6.92 Å². The molecule has 0 unspecified atom stereocenters. The highest BCUT2D eigenvalue weighted by Crippen LogP contribution is 2.60. The maximum Gasteiger partial charge on any atom is 0.174 e. The average molecular weight is 256 g/mol. The molecule has 2 aliphatic carbocycles. The zero-order valence-corrected chi connectivity index (χ0v) is 11.3. The molecule has 2 saturated carbocycles. The summed E-state index contributed by atoms with van der Waals surface area (Å²) < 4.78 is 11.9. The lowest BCUT2D eigenvalue weighted by Gasteiger charge is -2.60. The van der Waals surface area contributed by atoms with E-state index in [-0.39, 0.29) is 11.3 Å². The van der Waals surface area contributed by atoms with Crippen molar-refractivity contribution < 1.29 is 19.7 Å². The van der Waals surface area contributed by atoms with Gasteiger partial charge in [0.2, 0.25) is 0 Å². The molecule has 0 aromatic heterocycles. The highest BCUT2D eigenvalue weighted by molar-refractivity contribution is 5.10. The van der Waals surface area contributed by atoms with Crippen LogP contribution in [0.4, 0.5) is 0 Å². The highest BCUT2D eigenvalue weighted by atomic mass is 16.7. The van der Waals surface area contributed by atoms with Crippen molar-refractivity contribution in [2.45, 2.75) is 63.4 Å². The van der Waals surface area contributed by atoms with E-state index in [1.54, 1.807) is 6.92 Å². The summed E-state index contributed by atoms with van der Waals surface area (Å²) in [6.45, 7) is 5.23. The quantitative estimate of drug-likeness (QED) is 0.688. The molecule has 4 nitrogen and oxygen atoms in total. The number of fused-ring (bicyclic) bond motifs is 2. The molecule has 4 atom stereocenters. The van der Waals surface area contributed by atoms with E-state index in [1.165, 1.54) is 0 Å². The molecular weight excluding hydrogens is 232 g/mol. The Balaban J connectivity index is 1.99. The van der Waals surface area contributed by atoms with Gasteiger partial charge in [0.1, 0.15) is 0 Å². The molecule has 2 N–H and O–H groups in total. The van der Waals surface area contributed by atoms with E-state index in [0.29, 0.717) is 19.6 Å². The molecule has 1 aliphatic heterocycles. The van der Waals surface area contributed by atoms with Crippen LogP contribution in [0.15, 0.2) is 0 Å². The van der Waals surface area contributed by atoms with Crippen molar-refractivity contribution in [3.05, 3.63) is 0 Å². The Bertz CT molecular complexity index is 335. The lowest BCUT2D eigenvalue weighted by molar-refractivity contribution is -0.311. The van der Waals surface area contributed by atoms with Gasteiger partial charge in [0.05, 0.1) is 24.9 Å². The first-order chi connectivity index (χ1) is 8.42. The number of hydrogen-bond acceptors (Lipinski definition) is 4. The minimum Gasteiger partial charge on any atom is -0.390 e. The Hall–Kier alpha value is -0.160. The molecule has 1 saturated heterocycles. The number of aliphatic hydroxyl groups is 2. The molecule has 3 aliphatic rings. The van der Waals surface area contributed by atoms with E-state index in [1.807, 2.05) is 0 Å². The third-order valence-corrected chi connectivity index (χ3v) is 5.71. The monoisotopic (exact) mass is 256 g/mol. The predicted molar refractivity (Wildman–Crippen MR) is 65.9 cm³/mol. The maximum absolute atomic E-state index is 10.7. The maximum atomic E-state index is 10.7. The van der Waals surface area contributed by atoms with Crippen LogP contribution in [0.25, 0.3) is 0 Å². The summed E-state index contributed by atoms with van der Waals surface area (Å²) in [5, 5.41) is 20.8. The largest absolute Gasteiger partial charge is 0.390 e. The molecule has 0 amide bonds. The van der Waals surface area contributed by atoms with Crippen LogP contribution in [0, 0.1) is 11.3 Å². The SMILES string of the molecule is C[C@@]1(O)[C@H]2CCCC3(OCCO3)[C@]2(C)CC[C@@H]1O. The molecular formula is C14H24O4. The zero-order chi connectivity index (χ0) is 13.0. The minimum atomic E-state index is -1.03. The third kappa shape index (κ3) is 1.46. The fraction of sp³-hybridized carbons (Fsp3) is 1.00. The van der Waals surface area contributed by atoms with Crippen molar-refractivity contribution >= 4 is 0 Å². The first kappa shape index (κ1) is 12.9. The second-order valence-electron chi connectivity index (χ2n) is 6.59. The van der Waals surface area contributed by atoms with Gasteiger partial charge in [-0.3, -0.25) is 0 Å². The standard InChI is InChI=1S/C14H24O4/c1-12-7-5-11(15)13(2,16)10(12)4-3-6-14(12)17-8-9-18-14/h10-11,15-16H,3-9H2,1-2H3/t10-,11-,12+,13+/m0/s1. The Labute approximate surface area is 108 Å². The van der Waals surface area contributed by atoms with Crippen LogP contribution in [0.3, 0.4) is 0 Å². The van der Waals surface area contributed by atoms with Crippen molar-refractivity contribution in [2.24, 2.45) is 11.3 Å². The van der Waals surface area contributed by atoms with Crippen LogP contribution in [0.2, 0.25) is 0 Å². The van der Waals surface area contributed by atoms with E-state index < -0.39 is 17.5 Å². The molecule has 3 rings (SSSR count). The molecule has 18 heavy (non-hydrogen) atoms. The van der Waals surface area contributed by atoms with E-state index in [9.17, 15) is 10.2 Å². The molecule has 1 heterocycles. The first-order valence-corrected chi connectivity index (χ1v) is 7.11. The van der Waals surface area contributed by atoms with Crippen LogP contribution < -0.4 is 0 Å². The van der Waals surface area contributed by atoms with Gasteiger partial charge in [0.15, 0.2) is 5.79 Å². The van der Waals surface area contributed by atoms with E-state index in [0.717, 1.165) is 25.7 Å². The molecule has 4 heteroatoms. The van der Waals surface area contributed by atoms with E-state index in [4.69, 9.17) is 9.47 Å². The number of ether oxygens (including phenoxy) is 2. The van der Waals surface area contributed by atoms with Crippen molar-refractivity contribution in [3.8, 4) is 0 Å². The Morgan fingerprint density at radius 1 is 1.06 bits per heavy atom. The fourth-order valence-corrected chi connectivity index (χ4v) is 4.60. The van der Waals surface area contributed by atoms with Crippen LogP contribution in [-0.4, -0.2) is 40.9 Å². The normalized spacial score (nSPS) is 51.3. The third-order valence-electron chi connectivity index (χ3n) is 5.71. The zero-order valence-electron chi connectivity index (χ0n) is 11.3. The first-order valence-electron chi connectivity index (χ1n) is 7.11. The van der Waals surface area contributed by atoms with Gasteiger partial charge >= 0.3 is 0 Å². The fourth-order valence-electron chi connectivity index (χ4n) is 4.60. The molecule has 0 aromatic carbocycles. The van der Waals surface area contributed by atoms with Crippen LogP contribution in [0.5, 0.6) is 0 Å². The summed E-state index contributed by atoms with van der Waals surface area (Å²) in [4.78, 5) is 0. The number of hydrogen-bond donors (Lipinski definition) is 2. The molecule has 0 bridgehead atoms. The second kappa shape index (κ2) is 3.92. The number of rotatable bonds is 0. The van der Waals surface area contributed by atoms with E-state index in [2.05, 4.69) is 6.92 Å². The molecule has 104 valence electrons. The summed E-state index contributed by atoms with van der Waals surface area (Å²) in [7, 11) is 0. The van der Waals surface area contributed by atoms with Crippen molar-refractivity contribution in [1.82, 2.24) is 0 Å². The van der Waals surface area contributed by atoms with Gasteiger partial charge in [-0.05, 0) is 32.6 Å². The molecule has 0 radical (unpaired) electrons. The number of aliphatic hydroxyl groups excluding tert-OH is 1. The van der Waals surface area contributed by atoms with Gasteiger partial charge in [0, 0.05) is 17.8 Å². The topological polar surface area (TPSA) is 58.9 Å². The van der Waals surface area contributed by atoms with Crippen LogP contribution in [-0.2, 0) is 9.47 Å². The van der Waals surface area contributed by atoms with Crippen molar-refractivity contribution in [1.29, 1.82) is 0 Å². The van der Waals surface area contributed by atoms with Gasteiger partial charge < -0.3 is 19.7 Å². The van der Waals surface area contributed by atoms with E-state index >= 15 is 0 Å². The van der Waals surface area contributed by atoms with Crippen molar-refractivity contribution in [2.75, 3.05) is 13.2 Å². The van der Waals surface area contributed by atoms with Gasteiger partial charge in [-0.2, -0.15) is 0 Å². The second-order valence-corrected chi connectivity index (χ2v) is 6.59. The summed E-state index contributed by atoms with van der Waals surface area (Å²) >= 11 is 0. The summed E-state index contributed by atoms with van der Waals surface area (Å²) in [5.74, 6) is -0.486. The smallest absolute Gasteiger partial charge is 0.174 e. The molecule has 0 aromatic rings. The lowest BCUT2D eigenvalue weighted by atomic mass is 9.52. The van der Waals surface area contributed by atoms with Crippen LogP contribution >= 0.6 is 0 Å². The van der Waals surface area contributed by atoms with Gasteiger partial charge in [0.25, 0.3) is 0 Å². The van der Waals surface area contributed by atoms with Crippen LogP contribution in [0.1, 0.15) is 46.0 Å². The molecule has 1 spiro atoms. The van der Waals surface area contributed by atoms with Gasteiger partial charge in [-0.25, -0.2) is 0 Å². The van der Waals surface area contributed by atoms with Crippen molar-refractivity contribution in [3.63, 3.8) is 0 Å². The van der Waals surface area contributed by atoms with Gasteiger partial charge in [-0.15, -0.1) is 0 Å². The Morgan fingerprint density at radius 3 is 2.39 bits per heavy atom. The Morgan fingerprint density at radius 2 is 1.72 bits per heavy atom. The minimum absolute atomic E-state index is 0.0422. The Kier molecular flexibility index (Phi) is 2.80. The average Bonchev–Trinajstić information content (AvgIpc) is 2.78. The lowest BCUT2D eigenvalue weighted by Crippen LogP contribution is -2.65. The highest BCUT2D eigenvalue weighted by Gasteiger charge is 2.65. The molecule has 3 fully saturated rings. The predicted octanol–water partition coefficient (Wildman–Crippen LogP) is 1.44. The summed E-state index contributed by atoms with van der Waals surface area (Å²) in [6.07, 6.45) is 3.68. The summed E-state index contributed by atoms with van der Waals surface area (Å²) in [5.41, 5.74) is -1.22.